The highest BCUT2D eigenvalue weighted by Crippen LogP contribution is 2.05. The average molecular weight is 291 g/mol. The molecule has 1 saturated heterocycles. The summed E-state index contributed by atoms with van der Waals surface area (Å²) in [5, 5.41) is 17.9. The van der Waals surface area contributed by atoms with Gasteiger partial charge in [-0.15, -0.1) is 0 Å². The minimum atomic E-state index is -0.930. The zero-order valence-corrected chi connectivity index (χ0v) is 11.9. The fourth-order valence-corrected chi connectivity index (χ4v) is 2.34. The summed E-state index contributed by atoms with van der Waals surface area (Å²) in [5.41, 5.74) is 1.28. The Morgan fingerprint density at radius 1 is 1.19 bits per heavy atom. The molecule has 0 saturated carbocycles. The zero-order chi connectivity index (χ0) is 15.1. The molecule has 0 atom stereocenters. The molecule has 21 heavy (non-hydrogen) atoms. The maximum atomic E-state index is 11.7. The fourth-order valence-electron chi connectivity index (χ4n) is 2.34. The Morgan fingerprint density at radius 2 is 1.86 bits per heavy atom. The molecule has 0 bridgehead atoms. The number of nitrogens with one attached hydrogen (secondary N) is 3. The first kappa shape index (κ1) is 15.3. The van der Waals surface area contributed by atoms with Crippen molar-refractivity contribution in [3.63, 3.8) is 0 Å². The molecular formula is C15H21N3O3. The fraction of sp³-hybridized carbons (Fsp3) is 0.467. The molecule has 1 aromatic carbocycles. The van der Waals surface area contributed by atoms with Crippen LogP contribution in [0.4, 0.5) is 4.79 Å². The van der Waals surface area contributed by atoms with Crippen molar-refractivity contribution in [3.8, 4) is 0 Å². The smallest absolute Gasteiger partial charge is 0.335 e. The predicted octanol–water partition coefficient (Wildman–Crippen LogP) is 0.978. The van der Waals surface area contributed by atoms with E-state index in [1.165, 1.54) is 0 Å². The molecule has 114 valence electrons. The van der Waals surface area contributed by atoms with Crippen LogP contribution in [0, 0.1) is 0 Å². The normalized spacial score (nSPS) is 15.4. The number of aromatic carboxylic acids is 1. The predicted molar refractivity (Wildman–Crippen MR) is 79.5 cm³/mol. The van der Waals surface area contributed by atoms with Crippen LogP contribution in [0.2, 0.25) is 0 Å². The highest BCUT2D eigenvalue weighted by atomic mass is 16.4. The molecule has 1 aliphatic heterocycles. The number of benzene rings is 1. The van der Waals surface area contributed by atoms with Gasteiger partial charge in [-0.25, -0.2) is 9.59 Å². The summed E-state index contributed by atoms with van der Waals surface area (Å²) in [4.78, 5) is 22.5. The van der Waals surface area contributed by atoms with Crippen LogP contribution >= 0.6 is 0 Å². The minimum Gasteiger partial charge on any atom is -0.478 e. The van der Waals surface area contributed by atoms with Gasteiger partial charge in [-0.05, 0) is 50.0 Å². The first-order valence-corrected chi connectivity index (χ1v) is 7.22. The third kappa shape index (κ3) is 5.07. The van der Waals surface area contributed by atoms with Gasteiger partial charge in [0.25, 0.3) is 0 Å². The lowest BCUT2D eigenvalue weighted by Gasteiger charge is -2.23. The van der Waals surface area contributed by atoms with Crippen LogP contribution in [0.3, 0.4) is 0 Å². The van der Waals surface area contributed by atoms with Gasteiger partial charge in [-0.3, -0.25) is 0 Å². The van der Waals surface area contributed by atoms with E-state index in [1.54, 1.807) is 24.3 Å². The Labute approximate surface area is 123 Å². The number of hydrogen-bond acceptors (Lipinski definition) is 3. The number of carbonyl (C=O) groups is 2. The number of rotatable bonds is 5. The van der Waals surface area contributed by atoms with Gasteiger partial charge in [0.05, 0.1) is 5.56 Å². The number of carboxylic acids is 1. The van der Waals surface area contributed by atoms with Gasteiger partial charge < -0.3 is 21.1 Å². The summed E-state index contributed by atoms with van der Waals surface area (Å²) in [6.07, 6.45) is 2.60. The molecule has 0 spiro atoms. The van der Waals surface area contributed by atoms with Gasteiger partial charge in [-0.1, -0.05) is 12.1 Å². The third-order valence-corrected chi connectivity index (χ3v) is 3.57. The van der Waals surface area contributed by atoms with Gasteiger partial charge in [0, 0.05) is 12.6 Å². The second-order valence-corrected chi connectivity index (χ2v) is 5.18. The summed E-state index contributed by atoms with van der Waals surface area (Å²) >= 11 is 0. The molecule has 4 N–H and O–H groups in total. The molecule has 0 aliphatic carbocycles. The van der Waals surface area contributed by atoms with E-state index in [0.29, 0.717) is 13.0 Å². The van der Waals surface area contributed by atoms with E-state index in [9.17, 15) is 9.59 Å². The van der Waals surface area contributed by atoms with Crippen molar-refractivity contribution in [1.29, 1.82) is 0 Å². The maximum absolute atomic E-state index is 11.7. The van der Waals surface area contributed by atoms with E-state index < -0.39 is 5.97 Å². The van der Waals surface area contributed by atoms with Gasteiger partial charge in [0.1, 0.15) is 0 Å². The maximum Gasteiger partial charge on any atom is 0.335 e. The summed E-state index contributed by atoms with van der Waals surface area (Å²) in [7, 11) is 0. The van der Waals surface area contributed by atoms with Crippen LogP contribution in [0.1, 0.15) is 28.8 Å². The number of carboxylic acid groups (broad SMARTS) is 1. The Morgan fingerprint density at radius 3 is 2.48 bits per heavy atom. The lowest BCUT2D eigenvalue weighted by atomic mass is 10.1. The van der Waals surface area contributed by atoms with Crippen LogP contribution < -0.4 is 16.0 Å². The molecule has 1 aliphatic rings. The molecule has 0 radical (unpaired) electrons. The Bertz CT molecular complexity index is 481. The highest BCUT2D eigenvalue weighted by Gasteiger charge is 2.14. The first-order valence-electron chi connectivity index (χ1n) is 7.22. The average Bonchev–Trinajstić information content (AvgIpc) is 2.49. The van der Waals surface area contributed by atoms with Crippen molar-refractivity contribution in [2.75, 3.05) is 19.6 Å². The molecular weight excluding hydrogens is 270 g/mol. The van der Waals surface area contributed by atoms with Crippen molar-refractivity contribution in [2.45, 2.75) is 25.3 Å². The Balaban J connectivity index is 1.68. The number of carbonyl (C=O) groups excluding carboxylic acids is 1. The SMILES string of the molecule is O=C(NCCc1ccc(C(=O)O)cc1)NC1CCNCC1. The van der Waals surface area contributed by atoms with Gasteiger partial charge in [0.2, 0.25) is 0 Å². The number of hydrogen-bond donors (Lipinski definition) is 4. The molecule has 1 fully saturated rings. The molecule has 6 heteroatoms. The molecule has 0 aromatic heterocycles. The molecule has 1 aromatic rings. The monoisotopic (exact) mass is 291 g/mol. The van der Waals surface area contributed by atoms with E-state index in [0.717, 1.165) is 31.5 Å². The summed E-state index contributed by atoms with van der Waals surface area (Å²) < 4.78 is 0. The van der Waals surface area contributed by atoms with Crippen molar-refractivity contribution in [3.05, 3.63) is 35.4 Å². The van der Waals surface area contributed by atoms with Crippen LogP contribution in [-0.2, 0) is 6.42 Å². The van der Waals surface area contributed by atoms with Gasteiger partial charge in [-0.2, -0.15) is 0 Å². The summed E-state index contributed by atoms with van der Waals surface area (Å²) in [5.74, 6) is -0.930. The van der Waals surface area contributed by atoms with E-state index in [-0.39, 0.29) is 17.6 Å². The number of piperidine rings is 1. The molecule has 2 amide bonds. The molecule has 2 rings (SSSR count). The number of amides is 2. The van der Waals surface area contributed by atoms with Crippen molar-refractivity contribution < 1.29 is 14.7 Å². The van der Waals surface area contributed by atoms with E-state index >= 15 is 0 Å². The molecule has 6 nitrogen and oxygen atoms in total. The van der Waals surface area contributed by atoms with Crippen LogP contribution in [0.5, 0.6) is 0 Å². The standard InChI is InChI=1S/C15H21N3O3/c19-14(20)12-3-1-11(2-4-12)5-10-17-15(21)18-13-6-8-16-9-7-13/h1-4,13,16H,5-10H2,(H,19,20)(H2,17,18,21). The zero-order valence-electron chi connectivity index (χ0n) is 11.9. The number of urea groups is 1. The van der Waals surface area contributed by atoms with Crippen molar-refractivity contribution >= 4 is 12.0 Å². The van der Waals surface area contributed by atoms with E-state index in [1.807, 2.05) is 0 Å². The molecule has 1 heterocycles. The van der Waals surface area contributed by atoms with Crippen LogP contribution in [-0.4, -0.2) is 42.8 Å². The topological polar surface area (TPSA) is 90.5 Å². The van der Waals surface area contributed by atoms with E-state index in [2.05, 4.69) is 16.0 Å². The highest BCUT2D eigenvalue weighted by molar-refractivity contribution is 5.87. The third-order valence-electron chi connectivity index (χ3n) is 3.57. The van der Waals surface area contributed by atoms with Gasteiger partial charge in [0.15, 0.2) is 0 Å². The minimum absolute atomic E-state index is 0.135. The quantitative estimate of drug-likeness (QED) is 0.651. The largest absolute Gasteiger partial charge is 0.478 e. The summed E-state index contributed by atoms with van der Waals surface area (Å²) in [6, 6.07) is 6.82. The Kier molecular flexibility index (Phi) is 5.57. The second-order valence-electron chi connectivity index (χ2n) is 5.18. The molecule has 0 unspecified atom stereocenters. The first-order chi connectivity index (χ1) is 10.1. The van der Waals surface area contributed by atoms with E-state index in [4.69, 9.17) is 5.11 Å². The van der Waals surface area contributed by atoms with Crippen LogP contribution in [0.25, 0.3) is 0 Å². The van der Waals surface area contributed by atoms with Crippen LogP contribution in [0.15, 0.2) is 24.3 Å². The Hall–Kier alpha value is -2.08. The summed E-state index contributed by atoms with van der Waals surface area (Å²) in [6.45, 7) is 2.42. The van der Waals surface area contributed by atoms with Gasteiger partial charge >= 0.3 is 12.0 Å². The van der Waals surface area contributed by atoms with Crippen molar-refractivity contribution in [2.24, 2.45) is 0 Å². The van der Waals surface area contributed by atoms with Crippen molar-refractivity contribution in [1.82, 2.24) is 16.0 Å². The lowest BCUT2D eigenvalue weighted by molar-refractivity contribution is 0.0697. The second kappa shape index (κ2) is 7.64. The lowest BCUT2D eigenvalue weighted by Crippen LogP contribution is -2.47.